The van der Waals surface area contributed by atoms with Crippen LogP contribution >= 0.6 is 0 Å². The van der Waals surface area contributed by atoms with Gasteiger partial charge in [0.05, 0.1) is 0 Å². The molecule has 2 N–H and O–H groups in total. The molecule has 2 aliphatic rings. The number of urea groups is 1. The maximum atomic E-state index is 11.5. The molecule has 16 heavy (non-hydrogen) atoms. The predicted molar refractivity (Wildman–Crippen MR) is 55.5 cm³/mol. The molecular formula is C10H15N3O3. The highest BCUT2D eigenvalue weighted by Crippen LogP contribution is 2.21. The lowest BCUT2D eigenvalue weighted by Crippen LogP contribution is -2.49. The Morgan fingerprint density at radius 1 is 1.50 bits per heavy atom. The van der Waals surface area contributed by atoms with Gasteiger partial charge in [0, 0.05) is 6.04 Å². The van der Waals surface area contributed by atoms with Crippen LogP contribution in [-0.2, 0) is 9.59 Å². The highest BCUT2D eigenvalue weighted by Gasteiger charge is 2.46. The highest BCUT2D eigenvalue weighted by molar-refractivity contribution is 6.07. The van der Waals surface area contributed by atoms with Gasteiger partial charge < -0.3 is 10.2 Å². The molecule has 0 atom stereocenters. The van der Waals surface area contributed by atoms with Crippen molar-refractivity contribution in [1.82, 2.24) is 15.5 Å². The lowest BCUT2D eigenvalue weighted by atomic mass is 10.0. The van der Waals surface area contributed by atoms with Gasteiger partial charge in [0.1, 0.15) is 12.1 Å². The lowest BCUT2D eigenvalue weighted by molar-refractivity contribution is -0.127. The number of nitrogens with one attached hydrogen (secondary N) is 2. The quantitative estimate of drug-likeness (QED) is 0.641. The molecule has 2 rings (SSSR count). The summed E-state index contributed by atoms with van der Waals surface area (Å²) in [4.78, 5) is 35.7. The van der Waals surface area contributed by atoms with E-state index in [4.69, 9.17) is 0 Å². The second-order valence-electron chi connectivity index (χ2n) is 4.75. The monoisotopic (exact) mass is 225 g/mol. The van der Waals surface area contributed by atoms with Gasteiger partial charge in [0.25, 0.3) is 5.91 Å². The molecule has 2 fully saturated rings. The zero-order valence-corrected chi connectivity index (χ0v) is 9.37. The Balaban J connectivity index is 1.99. The minimum Gasteiger partial charge on any atom is -0.352 e. The minimum atomic E-state index is -0.946. The van der Waals surface area contributed by atoms with E-state index in [2.05, 4.69) is 10.6 Å². The number of hydrogen-bond donors (Lipinski definition) is 2. The molecule has 0 aromatic carbocycles. The molecule has 0 bridgehead atoms. The van der Waals surface area contributed by atoms with Gasteiger partial charge in [-0.1, -0.05) is 0 Å². The van der Waals surface area contributed by atoms with Crippen molar-refractivity contribution in [3.05, 3.63) is 0 Å². The average molecular weight is 225 g/mol. The topological polar surface area (TPSA) is 78.5 Å². The SMILES string of the molecule is CC1(C)C(=O)NC(=O)N1CC(=O)NC1CC1. The van der Waals surface area contributed by atoms with Crippen molar-refractivity contribution >= 4 is 17.8 Å². The van der Waals surface area contributed by atoms with Crippen LogP contribution in [0.1, 0.15) is 26.7 Å². The van der Waals surface area contributed by atoms with E-state index in [1.807, 2.05) is 0 Å². The summed E-state index contributed by atoms with van der Waals surface area (Å²) in [6, 6.07) is -0.238. The molecule has 0 aromatic heterocycles. The van der Waals surface area contributed by atoms with Gasteiger partial charge in [-0.15, -0.1) is 0 Å². The Morgan fingerprint density at radius 2 is 2.12 bits per heavy atom. The second kappa shape index (κ2) is 3.47. The first kappa shape index (κ1) is 10.9. The molecule has 1 saturated carbocycles. The van der Waals surface area contributed by atoms with E-state index in [9.17, 15) is 14.4 Å². The Morgan fingerprint density at radius 3 is 2.56 bits per heavy atom. The Labute approximate surface area is 93.4 Å². The van der Waals surface area contributed by atoms with E-state index in [0.29, 0.717) is 0 Å². The molecule has 1 saturated heterocycles. The van der Waals surface area contributed by atoms with Gasteiger partial charge in [0.15, 0.2) is 0 Å². The Hall–Kier alpha value is -1.59. The third-order valence-corrected chi connectivity index (χ3v) is 2.94. The van der Waals surface area contributed by atoms with Gasteiger partial charge in [-0.25, -0.2) is 4.79 Å². The number of nitrogens with zero attached hydrogens (tertiary/aromatic N) is 1. The van der Waals surface area contributed by atoms with E-state index >= 15 is 0 Å². The molecule has 4 amide bonds. The predicted octanol–water partition coefficient (Wildman–Crippen LogP) is -0.405. The van der Waals surface area contributed by atoms with Crippen molar-refractivity contribution in [3.8, 4) is 0 Å². The fourth-order valence-corrected chi connectivity index (χ4v) is 1.61. The van der Waals surface area contributed by atoms with E-state index in [0.717, 1.165) is 12.8 Å². The molecule has 0 radical (unpaired) electrons. The van der Waals surface area contributed by atoms with E-state index in [1.165, 1.54) is 4.90 Å². The van der Waals surface area contributed by atoms with Crippen LogP contribution in [0.15, 0.2) is 0 Å². The molecule has 0 unspecified atom stereocenters. The second-order valence-corrected chi connectivity index (χ2v) is 4.75. The number of carbonyl (C=O) groups excluding carboxylic acids is 3. The number of carbonyl (C=O) groups is 3. The summed E-state index contributed by atoms with van der Waals surface area (Å²) in [5.74, 6) is -0.572. The fraction of sp³-hybridized carbons (Fsp3) is 0.700. The molecule has 1 aliphatic heterocycles. The molecule has 6 heteroatoms. The largest absolute Gasteiger partial charge is 0.352 e. The van der Waals surface area contributed by atoms with E-state index in [1.54, 1.807) is 13.8 Å². The van der Waals surface area contributed by atoms with Crippen molar-refractivity contribution in [2.75, 3.05) is 6.54 Å². The molecule has 0 aromatic rings. The van der Waals surface area contributed by atoms with Gasteiger partial charge in [-0.3, -0.25) is 14.9 Å². The number of imide groups is 1. The standard InChI is InChI=1S/C10H15N3O3/c1-10(2)8(15)12-9(16)13(10)5-7(14)11-6-3-4-6/h6H,3-5H2,1-2H3,(H,11,14)(H,12,15,16). The molecule has 0 spiro atoms. The number of amides is 4. The number of rotatable bonds is 3. The van der Waals surface area contributed by atoms with Crippen molar-refractivity contribution in [2.24, 2.45) is 0 Å². The smallest absolute Gasteiger partial charge is 0.325 e. The fourth-order valence-electron chi connectivity index (χ4n) is 1.61. The van der Waals surface area contributed by atoms with Gasteiger partial charge in [0.2, 0.25) is 5.91 Å². The Bertz CT molecular complexity index is 360. The van der Waals surface area contributed by atoms with Crippen molar-refractivity contribution in [2.45, 2.75) is 38.3 Å². The first-order valence-corrected chi connectivity index (χ1v) is 5.33. The molecule has 88 valence electrons. The first-order valence-electron chi connectivity index (χ1n) is 5.33. The molecule has 6 nitrogen and oxygen atoms in total. The summed E-state index contributed by atoms with van der Waals surface area (Å²) in [6.45, 7) is 3.18. The van der Waals surface area contributed by atoms with E-state index in [-0.39, 0.29) is 24.4 Å². The van der Waals surface area contributed by atoms with Crippen molar-refractivity contribution in [1.29, 1.82) is 0 Å². The van der Waals surface area contributed by atoms with E-state index < -0.39 is 11.6 Å². The zero-order valence-electron chi connectivity index (χ0n) is 9.37. The summed E-state index contributed by atoms with van der Waals surface area (Å²) in [5, 5.41) is 4.98. The van der Waals surface area contributed by atoms with Gasteiger partial charge in [-0.2, -0.15) is 0 Å². The molecule has 1 aliphatic carbocycles. The third kappa shape index (κ3) is 1.87. The zero-order chi connectivity index (χ0) is 11.9. The van der Waals surface area contributed by atoms with Crippen molar-refractivity contribution in [3.63, 3.8) is 0 Å². The van der Waals surface area contributed by atoms with Crippen LogP contribution in [0.4, 0.5) is 4.79 Å². The summed E-state index contributed by atoms with van der Waals surface area (Å²) in [5.41, 5.74) is -0.946. The number of hydrogen-bond acceptors (Lipinski definition) is 3. The first-order chi connectivity index (χ1) is 7.41. The lowest BCUT2D eigenvalue weighted by Gasteiger charge is -2.27. The van der Waals surface area contributed by atoms with Crippen molar-refractivity contribution < 1.29 is 14.4 Å². The summed E-state index contributed by atoms with van der Waals surface area (Å²) in [7, 11) is 0. The van der Waals surface area contributed by atoms with Crippen LogP contribution in [0, 0.1) is 0 Å². The highest BCUT2D eigenvalue weighted by atomic mass is 16.2. The van der Waals surface area contributed by atoms with Crippen LogP contribution in [0.2, 0.25) is 0 Å². The maximum absolute atomic E-state index is 11.5. The maximum Gasteiger partial charge on any atom is 0.325 e. The summed E-state index contributed by atoms with van der Waals surface area (Å²) in [6.07, 6.45) is 2.00. The van der Waals surface area contributed by atoms with Crippen LogP contribution in [0.3, 0.4) is 0 Å². The molecular weight excluding hydrogens is 210 g/mol. The minimum absolute atomic E-state index is 0.0684. The third-order valence-electron chi connectivity index (χ3n) is 2.94. The van der Waals surface area contributed by atoms with Crippen LogP contribution in [-0.4, -0.2) is 40.9 Å². The van der Waals surface area contributed by atoms with Gasteiger partial charge >= 0.3 is 6.03 Å². The van der Waals surface area contributed by atoms with Crippen LogP contribution in [0.5, 0.6) is 0 Å². The Kier molecular flexibility index (Phi) is 2.36. The normalized spacial score (nSPS) is 23.2. The molecule has 1 heterocycles. The average Bonchev–Trinajstić information content (AvgIpc) is 2.93. The summed E-state index contributed by atoms with van der Waals surface area (Å²) >= 11 is 0. The van der Waals surface area contributed by atoms with Crippen LogP contribution in [0.25, 0.3) is 0 Å². The summed E-state index contributed by atoms with van der Waals surface area (Å²) < 4.78 is 0. The van der Waals surface area contributed by atoms with Crippen LogP contribution < -0.4 is 10.6 Å². The van der Waals surface area contributed by atoms with Gasteiger partial charge in [-0.05, 0) is 26.7 Å².